The Balaban J connectivity index is 1.44. The first-order valence-electron chi connectivity index (χ1n) is 12.0. The van der Waals surface area contributed by atoms with Gasteiger partial charge in [-0.05, 0) is 82.3 Å². The molecule has 1 aliphatic heterocycles. The topological polar surface area (TPSA) is 40.6 Å². The van der Waals surface area contributed by atoms with Gasteiger partial charge in [0.05, 0.1) is 5.02 Å². The van der Waals surface area contributed by atoms with Crippen molar-refractivity contribution in [3.05, 3.63) is 41.6 Å². The summed E-state index contributed by atoms with van der Waals surface area (Å²) in [6, 6.07) is 12.0. The maximum atomic E-state index is 6.59. The Morgan fingerprint density at radius 1 is 1.03 bits per heavy atom. The summed E-state index contributed by atoms with van der Waals surface area (Å²) in [6.07, 6.45) is 8.88. The normalized spacial score (nSPS) is 22.2. The molecule has 0 spiro atoms. The van der Waals surface area contributed by atoms with Gasteiger partial charge in [-0.15, -0.1) is 0 Å². The second-order valence-electron chi connectivity index (χ2n) is 9.65. The summed E-state index contributed by atoms with van der Waals surface area (Å²) in [6.45, 7) is 2.83. The van der Waals surface area contributed by atoms with Crippen LogP contribution in [0.4, 0.5) is 11.5 Å². The SMILES string of the molecule is CN(CC1CCOCC1)c1cccc(-c2cc(NC3CCC(N(C)C)CC3)ncc2Cl)c1. The molecule has 2 fully saturated rings. The Morgan fingerprint density at radius 3 is 2.50 bits per heavy atom. The zero-order chi connectivity index (χ0) is 22.5. The molecule has 1 saturated carbocycles. The van der Waals surface area contributed by atoms with E-state index in [2.05, 4.69) is 71.6 Å². The van der Waals surface area contributed by atoms with Gasteiger partial charge in [-0.1, -0.05) is 23.7 Å². The zero-order valence-electron chi connectivity index (χ0n) is 19.7. The minimum Gasteiger partial charge on any atom is -0.381 e. The fourth-order valence-electron chi connectivity index (χ4n) is 5.02. The number of aromatic nitrogens is 1. The van der Waals surface area contributed by atoms with E-state index in [-0.39, 0.29) is 0 Å². The molecule has 5 nitrogen and oxygen atoms in total. The third-order valence-corrected chi connectivity index (χ3v) is 7.41. The molecule has 174 valence electrons. The van der Waals surface area contributed by atoms with E-state index in [9.17, 15) is 0 Å². The highest BCUT2D eigenvalue weighted by molar-refractivity contribution is 6.33. The van der Waals surface area contributed by atoms with Crippen molar-refractivity contribution in [2.75, 3.05) is 51.1 Å². The summed E-state index contributed by atoms with van der Waals surface area (Å²) >= 11 is 6.59. The summed E-state index contributed by atoms with van der Waals surface area (Å²) in [4.78, 5) is 9.28. The number of benzene rings is 1. The third kappa shape index (κ3) is 5.94. The lowest BCUT2D eigenvalue weighted by Gasteiger charge is -2.33. The number of nitrogens with one attached hydrogen (secondary N) is 1. The molecule has 1 N–H and O–H groups in total. The Morgan fingerprint density at radius 2 is 1.78 bits per heavy atom. The van der Waals surface area contributed by atoms with Gasteiger partial charge < -0.3 is 19.9 Å². The number of nitrogens with zero attached hydrogens (tertiary/aromatic N) is 3. The van der Waals surface area contributed by atoms with E-state index in [0.29, 0.717) is 23.0 Å². The number of hydrogen-bond acceptors (Lipinski definition) is 5. The van der Waals surface area contributed by atoms with Crippen molar-refractivity contribution in [2.45, 2.75) is 50.6 Å². The van der Waals surface area contributed by atoms with Crippen LogP contribution in [0.2, 0.25) is 5.02 Å². The molecule has 6 heteroatoms. The number of rotatable bonds is 7. The van der Waals surface area contributed by atoms with Gasteiger partial charge in [0.2, 0.25) is 0 Å². The van der Waals surface area contributed by atoms with Gasteiger partial charge in [-0.25, -0.2) is 4.98 Å². The van der Waals surface area contributed by atoms with Crippen molar-refractivity contribution in [1.82, 2.24) is 9.88 Å². The van der Waals surface area contributed by atoms with Crippen molar-refractivity contribution in [3.8, 4) is 11.1 Å². The first-order chi connectivity index (χ1) is 15.5. The van der Waals surface area contributed by atoms with E-state index in [4.69, 9.17) is 16.3 Å². The van der Waals surface area contributed by atoms with Crippen LogP contribution in [0, 0.1) is 5.92 Å². The third-order valence-electron chi connectivity index (χ3n) is 7.11. The highest BCUT2D eigenvalue weighted by atomic mass is 35.5. The number of hydrogen-bond donors (Lipinski definition) is 1. The Bertz CT molecular complexity index is 876. The standard InChI is InChI=1S/C26H37ClN4O/c1-30(2)22-9-7-21(8-10-22)29-26-16-24(25(27)17-28-26)20-5-4-6-23(15-20)31(3)18-19-11-13-32-14-12-19/h4-6,15-17,19,21-22H,7-14,18H2,1-3H3,(H,28,29). The van der Waals surface area contributed by atoms with Crippen LogP contribution in [-0.2, 0) is 4.74 Å². The van der Waals surface area contributed by atoms with Crippen LogP contribution in [0.15, 0.2) is 36.5 Å². The van der Waals surface area contributed by atoms with Gasteiger partial charge in [-0.2, -0.15) is 0 Å². The molecule has 1 saturated heterocycles. The fourth-order valence-corrected chi connectivity index (χ4v) is 5.23. The van der Waals surface area contributed by atoms with Crippen LogP contribution in [0.5, 0.6) is 0 Å². The number of pyridine rings is 1. The molecular formula is C26H37ClN4O. The Kier molecular flexibility index (Phi) is 7.93. The molecular weight excluding hydrogens is 420 g/mol. The van der Waals surface area contributed by atoms with E-state index in [1.54, 1.807) is 6.20 Å². The predicted molar refractivity (Wildman–Crippen MR) is 135 cm³/mol. The quantitative estimate of drug-likeness (QED) is 0.591. The van der Waals surface area contributed by atoms with Gasteiger partial charge >= 0.3 is 0 Å². The molecule has 0 unspecified atom stereocenters. The molecule has 0 radical (unpaired) electrons. The fraction of sp³-hybridized carbons (Fsp3) is 0.577. The molecule has 2 aromatic rings. The van der Waals surface area contributed by atoms with Gasteiger partial charge in [0, 0.05) is 56.3 Å². The lowest BCUT2D eigenvalue weighted by molar-refractivity contribution is 0.0685. The number of halogens is 1. The molecule has 2 aliphatic rings. The molecule has 32 heavy (non-hydrogen) atoms. The predicted octanol–water partition coefficient (Wildman–Crippen LogP) is 5.55. The molecule has 1 aromatic carbocycles. The van der Waals surface area contributed by atoms with Gasteiger partial charge in [0.1, 0.15) is 5.82 Å². The van der Waals surface area contributed by atoms with Gasteiger partial charge in [0.25, 0.3) is 0 Å². The summed E-state index contributed by atoms with van der Waals surface area (Å²) in [5, 5.41) is 4.35. The minimum atomic E-state index is 0.477. The molecule has 1 aliphatic carbocycles. The molecule has 4 rings (SSSR count). The van der Waals surface area contributed by atoms with Crippen LogP contribution in [-0.4, -0.2) is 62.9 Å². The monoisotopic (exact) mass is 456 g/mol. The molecule has 0 bridgehead atoms. The number of anilines is 2. The highest BCUT2D eigenvalue weighted by Crippen LogP contribution is 2.33. The maximum Gasteiger partial charge on any atom is 0.126 e. The van der Waals surface area contributed by atoms with Crippen molar-refractivity contribution < 1.29 is 4.74 Å². The van der Waals surface area contributed by atoms with E-state index in [0.717, 1.165) is 49.5 Å². The molecule has 0 atom stereocenters. The average molecular weight is 457 g/mol. The van der Waals surface area contributed by atoms with E-state index in [1.807, 2.05) is 0 Å². The molecule has 1 aromatic heterocycles. The van der Waals surface area contributed by atoms with E-state index < -0.39 is 0 Å². The maximum absolute atomic E-state index is 6.59. The second kappa shape index (κ2) is 10.9. The van der Waals surface area contributed by atoms with Crippen LogP contribution < -0.4 is 10.2 Å². The lowest BCUT2D eigenvalue weighted by Crippen LogP contribution is -2.36. The van der Waals surface area contributed by atoms with Crippen molar-refractivity contribution in [1.29, 1.82) is 0 Å². The summed E-state index contributed by atoms with van der Waals surface area (Å²) in [5.41, 5.74) is 3.39. The van der Waals surface area contributed by atoms with Crippen molar-refractivity contribution in [2.24, 2.45) is 5.92 Å². The van der Waals surface area contributed by atoms with Gasteiger partial charge in [-0.3, -0.25) is 0 Å². The lowest BCUT2D eigenvalue weighted by atomic mass is 9.90. The smallest absolute Gasteiger partial charge is 0.126 e. The zero-order valence-corrected chi connectivity index (χ0v) is 20.4. The van der Waals surface area contributed by atoms with E-state index >= 15 is 0 Å². The summed E-state index contributed by atoms with van der Waals surface area (Å²) in [5.74, 6) is 1.61. The van der Waals surface area contributed by atoms with Crippen LogP contribution in [0.25, 0.3) is 11.1 Å². The average Bonchev–Trinajstić information content (AvgIpc) is 2.81. The van der Waals surface area contributed by atoms with Crippen molar-refractivity contribution >= 4 is 23.1 Å². The summed E-state index contributed by atoms with van der Waals surface area (Å²) < 4.78 is 5.51. The number of ether oxygens (including phenoxy) is 1. The molecule has 2 heterocycles. The van der Waals surface area contributed by atoms with E-state index in [1.165, 1.54) is 31.4 Å². The first kappa shape index (κ1) is 23.3. The minimum absolute atomic E-state index is 0.477. The van der Waals surface area contributed by atoms with Crippen LogP contribution in [0.3, 0.4) is 0 Å². The van der Waals surface area contributed by atoms with Crippen LogP contribution >= 0.6 is 11.6 Å². The van der Waals surface area contributed by atoms with Crippen molar-refractivity contribution in [3.63, 3.8) is 0 Å². The first-order valence-corrected chi connectivity index (χ1v) is 12.3. The second-order valence-corrected chi connectivity index (χ2v) is 10.1. The Labute approximate surface area is 198 Å². The Hall–Kier alpha value is -1.82. The molecule has 0 amide bonds. The van der Waals surface area contributed by atoms with Gasteiger partial charge in [0.15, 0.2) is 0 Å². The summed E-state index contributed by atoms with van der Waals surface area (Å²) in [7, 11) is 6.54. The van der Waals surface area contributed by atoms with Crippen LogP contribution in [0.1, 0.15) is 38.5 Å². The largest absolute Gasteiger partial charge is 0.381 e. The highest BCUT2D eigenvalue weighted by Gasteiger charge is 2.23.